The van der Waals surface area contributed by atoms with E-state index in [1.54, 1.807) is 25.3 Å². The third kappa shape index (κ3) is 3.68. The summed E-state index contributed by atoms with van der Waals surface area (Å²) in [6.45, 7) is 4.10. The molecule has 1 aliphatic heterocycles. The van der Waals surface area contributed by atoms with Gasteiger partial charge in [0.05, 0.1) is 11.6 Å². The molecule has 0 bridgehead atoms. The third-order valence-electron chi connectivity index (χ3n) is 5.71. The van der Waals surface area contributed by atoms with Crippen LogP contribution in [0.5, 0.6) is 0 Å². The first-order valence-corrected chi connectivity index (χ1v) is 10.0. The van der Waals surface area contributed by atoms with Crippen LogP contribution in [0.1, 0.15) is 36.1 Å². The number of alkyl halides is 3. The molecule has 0 amide bonds. The van der Waals surface area contributed by atoms with E-state index in [0.717, 1.165) is 12.1 Å². The number of aliphatic imine (C=N–C) groups is 1. The van der Waals surface area contributed by atoms with E-state index < -0.39 is 29.3 Å². The first-order valence-electron chi connectivity index (χ1n) is 10.0. The first kappa shape index (κ1) is 21.7. The van der Waals surface area contributed by atoms with Crippen LogP contribution >= 0.6 is 0 Å². The van der Waals surface area contributed by atoms with Gasteiger partial charge in [0.2, 0.25) is 5.95 Å². The maximum atomic E-state index is 14.1. The summed E-state index contributed by atoms with van der Waals surface area (Å²) in [5.41, 5.74) is -0.462. The Balaban J connectivity index is 1.84. The van der Waals surface area contributed by atoms with Crippen molar-refractivity contribution < 1.29 is 17.6 Å². The highest BCUT2D eigenvalue weighted by Gasteiger charge is 2.46. The Morgan fingerprint density at radius 2 is 1.81 bits per heavy atom. The van der Waals surface area contributed by atoms with E-state index in [1.165, 1.54) is 35.0 Å². The number of aromatic nitrogens is 2. The summed E-state index contributed by atoms with van der Waals surface area (Å²) in [6, 6.07) is 10.1. The molecule has 0 radical (unpaired) electrons. The van der Waals surface area contributed by atoms with Crippen LogP contribution in [0, 0.1) is 5.95 Å². The minimum atomic E-state index is -4.47. The van der Waals surface area contributed by atoms with Crippen molar-refractivity contribution in [3.05, 3.63) is 99.5 Å². The smallest absolute Gasteiger partial charge is 0.354 e. The predicted molar refractivity (Wildman–Crippen MR) is 112 cm³/mol. The van der Waals surface area contributed by atoms with Gasteiger partial charge in [-0.2, -0.15) is 17.6 Å². The van der Waals surface area contributed by atoms with Gasteiger partial charge in [0.25, 0.3) is 5.56 Å². The molecule has 2 atom stereocenters. The van der Waals surface area contributed by atoms with Crippen LogP contribution in [0.4, 0.5) is 17.6 Å². The van der Waals surface area contributed by atoms with E-state index in [2.05, 4.69) is 10.3 Å². The normalized spacial score (nSPS) is 20.7. The number of nitrogens with zero attached hydrogens (tertiary/aromatic N) is 3. The van der Waals surface area contributed by atoms with Crippen LogP contribution in [-0.4, -0.2) is 21.4 Å². The van der Waals surface area contributed by atoms with Gasteiger partial charge >= 0.3 is 6.18 Å². The van der Waals surface area contributed by atoms with Gasteiger partial charge in [-0.15, -0.1) is 0 Å². The molecule has 0 saturated heterocycles. The lowest BCUT2D eigenvalue weighted by Crippen LogP contribution is -2.48. The molecular formula is C23H20F4N4O. The van der Waals surface area contributed by atoms with Gasteiger partial charge in [-0.05, 0) is 55.3 Å². The fourth-order valence-corrected chi connectivity index (χ4v) is 4.04. The number of nitrogens with one attached hydrogen (secondary N) is 1. The largest absolute Gasteiger partial charge is 0.416 e. The zero-order valence-electron chi connectivity index (χ0n) is 17.3. The van der Waals surface area contributed by atoms with Crippen molar-refractivity contribution in [1.29, 1.82) is 0 Å². The van der Waals surface area contributed by atoms with Crippen molar-refractivity contribution >= 4 is 5.84 Å². The van der Waals surface area contributed by atoms with Crippen molar-refractivity contribution in [2.24, 2.45) is 4.99 Å². The van der Waals surface area contributed by atoms with Gasteiger partial charge in [0.15, 0.2) is 0 Å². The van der Waals surface area contributed by atoms with Gasteiger partial charge in [-0.1, -0.05) is 12.1 Å². The van der Waals surface area contributed by atoms with Crippen molar-refractivity contribution in [1.82, 2.24) is 14.9 Å². The summed E-state index contributed by atoms with van der Waals surface area (Å²) in [6.07, 6.45) is -1.50. The zero-order valence-corrected chi connectivity index (χ0v) is 17.3. The predicted octanol–water partition coefficient (Wildman–Crippen LogP) is 4.10. The number of amidine groups is 1. The number of aryl methyl sites for hydroxylation is 1. The number of hydrogen-bond donors (Lipinski definition) is 1. The number of benzene rings is 1. The molecule has 0 aliphatic carbocycles. The Morgan fingerprint density at radius 1 is 1.09 bits per heavy atom. The van der Waals surface area contributed by atoms with Crippen molar-refractivity contribution in [3.63, 3.8) is 0 Å². The van der Waals surface area contributed by atoms with E-state index in [1.807, 2.05) is 6.92 Å². The topological polar surface area (TPSA) is 59.3 Å². The standard InChI is InChI=1S/C23H20F4N4O/c1-3-31-13-15(4-9-20(31)32)21-29-14(2)22(30-21,18-10-11-28-19(24)12-18)16-5-7-17(8-6-16)23(25,26)27/h4-14H,3H2,1-2H3,(H,29,30)/t14-,22+/m0/s1. The molecule has 166 valence electrons. The highest BCUT2D eigenvalue weighted by Crippen LogP contribution is 2.40. The maximum Gasteiger partial charge on any atom is 0.416 e. The van der Waals surface area contributed by atoms with Crippen LogP contribution in [0.2, 0.25) is 0 Å². The lowest BCUT2D eigenvalue weighted by molar-refractivity contribution is -0.137. The molecule has 1 N–H and O–H groups in total. The summed E-state index contributed by atoms with van der Waals surface area (Å²) >= 11 is 0. The summed E-state index contributed by atoms with van der Waals surface area (Å²) in [4.78, 5) is 20.3. The summed E-state index contributed by atoms with van der Waals surface area (Å²) in [5.74, 6) is -0.257. The van der Waals surface area contributed by atoms with Crippen LogP contribution < -0.4 is 10.9 Å². The lowest BCUT2D eigenvalue weighted by Gasteiger charge is -2.35. The fraction of sp³-hybridized carbons (Fsp3) is 0.261. The van der Waals surface area contributed by atoms with Crippen LogP contribution in [0.25, 0.3) is 0 Å². The van der Waals surface area contributed by atoms with Crippen molar-refractivity contribution in [2.75, 3.05) is 0 Å². The molecule has 0 spiro atoms. The first-order chi connectivity index (χ1) is 15.1. The molecule has 9 heteroatoms. The molecule has 0 fully saturated rings. The van der Waals surface area contributed by atoms with E-state index in [0.29, 0.717) is 29.1 Å². The Hall–Kier alpha value is -3.49. The van der Waals surface area contributed by atoms with Gasteiger partial charge < -0.3 is 9.88 Å². The average molecular weight is 444 g/mol. The summed E-state index contributed by atoms with van der Waals surface area (Å²) in [5, 5.41) is 3.32. The van der Waals surface area contributed by atoms with Crippen molar-refractivity contribution in [2.45, 2.75) is 38.1 Å². The Kier molecular flexibility index (Phi) is 5.36. The van der Waals surface area contributed by atoms with Crippen LogP contribution in [0.3, 0.4) is 0 Å². The van der Waals surface area contributed by atoms with E-state index >= 15 is 0 Å². The fourth-order valence-electron chi connectivity index (χ4n) is 4.04. The molecule has 5 nitrogen and oxygen atoms in total. The summed E-state index contributed by atoms with van der Waals surface area (Å²) < 4.78 is 54.9. The molecule has 0 unspecified atom stereocenters. The number of hydrogen-bond acceptors (Lipinski definition) is 4. The molecule has 3 aromatic rings. The summed E-state index contributed by atoms with van der Waals surface area (Å²) in [7, 11) is 0. The molecular weight excluding hydrogens is 424 g/mol. The molecule has 4 rings (SSSR count). The maximum absolute atomic E-state index is 14.1. The minimum absolute atomic E-state index is 0.159. The SMILES string of the molecule is CCn1cc(C2=N[C@@H](C)[C@@](c3ccc(C(F)(F)F)cc3)(c3ccnc(F)c3)N2)ccc1=O. The monoisotopic (exact) mass is 444 g/mol. The highest BCUT2D eigenvalue weighted by molar-refractivity contribution is 6.01. The molecule has 2 aromatic heterocycles. The van der Waals surface area contributed by atoms with Crippen LogP contribution in [-0.2, 0) is 18.3 Å². The zero-order chi connectivity index (χ0) is 23.1. The van der Waals surface area contributed by atoms with Gasteiger partial charge in [0.1, 0.15) is 11.4 Å². The van der Waals surface area contributed by atoms with E-state index in [9.17, 15) is 22.4 Å². The highest BCUT2D eigenvalue weighted by atomic mass is 19.4. The quantitative estimate of drug-likeness (QED) is 0.487. The lowest BCUT2D eigenvalue weighted by atomic mass is 9.78. The second kappa shape index (κ2) is 7.89. The molecule has 1 aromatic carbocycles. The molecule has 32 heavy (non-hydrogen) atoms. The number of halogens is 4. The second-order valence-electron chi connectivity index (χ2n) is 7.57. The molecule has 3 heterocycles. The third-order valence-corrected chi connectivity index (χ3v) is 5.71. The van der Waals surface area contributed by atoms with E-state index in [4.69, 9.17) is 4.99 Å². The molecule has 0 saturated carbocycles. The Labute approximate surface area is 181 Å². The minimum Gasteiger partial charge on any atom is -0.354 e. The van der Waals surface area contributed by atoms with Gasteiger partial charge in [-0.3, -0.25) is 9.79 Å². The van der Waals surface area contributed by atoms with Gasteiger partial charge in [0, 0.05) is 30.6 Å². The van der Waals surface area contributed by atoms with Crippen molar-refractivity contribution in [3.8, 4) is 0 Å². The number of pyridine rings is 2. The Bertz CT molecular complexity index is 1230. The van der Waals surface area contributed by atoms with E-state index in [-0.39, 0.29) is 5.56 Å². The Morgan fingerprint density at radius 3 is 2.44 bits per heavy atom. The average Bonchev–Trinajstić information content (AvgIpc) is 3.11. The number of rotatable bonds is 4. The van der Waals surface area contributed by atoms with Crippen LogP contribution in [0.15, 0.2) is 70.7 Å². The second-order valence-corrected chi connectivity index (χ2v) is 7.57. The van der Waals surface area contributed by atoms with Gasteiger partial charge in [-0.25, -0.2) is 4.98 Å². The molecule has 1 aliphatic rings.